The van der Waals surface area contributed by atoms with Crippen molar-refractivity contribution < 1.29 is 9.90 Å². The first-order valence-electron chi connectivity index (χ1n) is 7.11. The number of β-amino-alcohol motifs (C(OH)–C–C–N with tert-alkyl or cyclic N) is 1. The van der Waals surface area contributed by atoms with Crippen molar-refractivity contribution in [2.45, 2.75) is 44.1 Å². The quantitative estimate of drug-likeness (QED) is 0.837. The Kier molecular flexibility index (Phi) is 3.12. The van der Waals surface area contributed by atoms with E-state index in [9.17, 15) is 9.90 Å². The number of carbonyl (C=O) groups is 1. The molecule has 1 aliphatic carbocycles. The summed E-state index contributed by atoms with van der Waals surface area (Å²) in [7, 11) is 0. The van der Waals surface area contributed by atoms with Crippen LogP contribution in [0, 0.1) is 6.92 Å². The monoisotopic (exact) mass is 276 g/mol. The molecule has 1 aromatic heterocycles. The third-order valence-corrected chi connectivity index (χ3v) is 4.05. The summed E-state index contributed by atoms with van der Waals surface area (Å²) >= 11 is 0. The molecule has 3 rings (SSSR count). The van der Waals surface area contributed by atoms with Gasteiger partial charge >= 0.3 is 0 Å². The molecule has 20 heavy (non-hydrogen) atoms. The summed E-state index contributed by atoms with van der Waals surface area (Å²) in [4.78, 5) is 22.4. The van der Waals surface area contributed by atoms with E-state index >= 15 is 0 Å². The number of rotatable bonds is 3. The predicted molar refractivity (Wildman–Crippen MR) is 74.3 cm³/mol. The molecule has 6 nitrogen and oxygen atoms in total. The highest BCUT2D eigenvalue weighted by Crippen LogP contribution is 2.39. The first-order chi connectivity index (χ1) is 9.48. The third-order valence-electron chi connectivity index (χ3n) is 4.05. The molecule has 1 amide bonds. The second kappa shape index (κ2) is 4.70. The average Bonchev–Trinajstić information content (AvgIpc) is 3.22. The molecule has 1 saturated carbocycles. The van der Waals surface area contributed by atoms with E-state index in [4.69, 9.17) is 5.73 Å². The van der Waals surface area contributed by atoms with Gasteiger partial charge in [-0.1, -0.05) is 0 Å². The first-order valence-corrected chi connectivity index (χ1v) is 7.11. The van der Waals surface area contributed by atoms with Crippen LogP contribution in [0.2, 0.25) is 0 Å². The number of nitrogens with zero attached hydrogens (tertiary/aromatic N) is 3. The molecular weight excluding hydrogens is 256 g/mol. The lowest BCUT2D eigenvalue weighted by atomic mass is 9.92. The van der Waals surface area contributed by atoms with Gasteiger partial charge in [-0.15, -0.1) is 0 Å². The van der Waals surface area contributed by atoms with Crippen molar-refractivity contribution in [1.29, 1.82) is 0 Å². The number of nitrogens with two attached hydrogens (primary N) is 1. The highest BCUT2D eigenvalue weighted by Gasteiger charge is 2.39. The number of amides is 1. The normalized spacial score (nSPS) is 26.6. The van der Waals surface area contributed by atoms with Crippen molar-refractivity contribution in [2.24, 2.45) is 5.73 Å². The van der Waals surface area contributed by atoms with E-state index < -0.39 is 11.5 Å². The minimum Gasteiger partial charge on any atom is -0.378 e. The highest BCUT2D eigenvalue weighted by molar-refractivity contribution is 5.84. The van der Waals surface area contributed by atoms with Crippen LogP contribution in [0.1, 0.15) is 43.1 Å². The fourth-order valence-electron chi connectivity index (χ4n) is 2.69. The maximum atomic E-state index is 11.4. The van der Waals surface area contributed by atoms with Crippen LogP contribution in [0.15, 0.2) is 6.07 Å². The van der Waals surface area contributed by atoms with E-state index in [1.54, 1.807) is 0 Å². The van der Waals surface area contributed by atoms with Gasteiger partial charge in [0.05, 0.1) is 6.54 Å². The average molecular weight is 276 g/mol. The Hall–Kier alpha value is -1.69. The van der Waals surface area contributed by atoms with Crippen LogP contribution in [0.5, 0.6) is 0 Å². The molecule has 6 heteroatoms. The molecule has 2 fully saturated rings. The molecule has 2 aliphatic rings. The number of primary amides is 1. The summed E-state index contributed by atoms with van der Waals surface area (Å²) in [5.74, 6) is 1.50. The van der Waals surface area contributed by atoms with Gasteiger partial charge in [-0.25, -0.2) is 9.97 Å². The minimum atomic E-state index is -1.45. The zero-order chi connectivity index (χ0) is 14.3. The van der Waals surface area contributed by atoms with Crippen LogP contribution in [0.25, 0.3) is 0 Å². The van der Waals surface area contributed by atoms with Crippen molar-refractivity contribution in [3.63, 3.8) is 0 Å². The molecule has 108 valence electrons. The molecule has 2 heterocycles. The smallest absolute Gasteiger partial charge is 0.251 e. The van der Waals surface area contributed by atoms with E-state index in [0.29, 0.717) is 12.3 Å². The Balaban J connectivity index is 1.86. The van der Waals surface area contributed by atoms with Crippen molar-refractivity contribution in [2.75, 3.05) is 18.0 Å². The number of anilines is 1. The molecule has 1 saturated heterocycles. The lowest BCUT2D eigenvalue weighted by Gasteiger charge is -2.37. The molecule has 0 aromatic carbocycles. The summed E-state index contributed by atoms with van der Waals surface area (Å²) in [5, 5.41) is 10.3. The Morgan fingerprint density at radius 1 is 1.50 bits per heavy atom. The van der Waals surface area contributed by atoms with E-state index in [1.165, 1.54) is 0 Å². The Labute approximate surface area is 118 Å². The van der Waals surface area contributed by atoms with Gasteiger partial charge in [0.2, 0.25) is 0 Å². The van der Waals surface area contributed by atoms with E-state index in [0.717, 1.165) is 43.1 Å². The fourth-order valence-corrected chi connectivity index (χ4v) is 2.69. The predicted octanol–water partition coefficient (Wildman–Crippen LogP) is 0.479. The summed E-state index contributed by atoms with van der Waals surface area (Å²) < 4.78 is 0. The summed E-state index contributed by atoms with van der Waals surface area (Å²) in [6.45, 7) is 2.93. The second-order valence-corrected chi connectivity index (χ2v) is 5.92. The second-order valence-electron chi connectivity index (χ2n) is 5.92. The lowest BCUT2D eigenvalue weighted by molar-refractivity contribution is -0.137. The Morgan fingerprint density at radius 2 is 2.25 bits per heavy atom. The maximum absolute atomic E-state index is 11.4. The van der Waals surface area contributed by atoms with Gasteiger partial charge < -0.3 is 15.7 Å². The van der Waals surface area contributed by atoms with Crippen LogP contribution in [0.3, 0.4) is 0 Å². The van der Waals surface area contributed by atoms with Crippen LogP contribution in [-0.4, -0.2) is 39.7 Å². The first kappa shape index (κ1) is 13.3. The Morgan fingerprint density at radius 3 is 2.90 bits per heavy atom. The summed E-state index contributed by atoms with van der Waals surface area (Å²) in [6, 6.07) is 1.90. The number of carbonyl (C=O) groups excluding carboxylic acids is 1. The molecule has 0 radical (unpaired) electrons. The zero-order valence-electron chi connectivity index (χ0n) is 11.7. The number of aliphatic hydroxyl groups is 1. The lowest BCUT2D eigenvalue weighted by Crippen LogP contribution is -2.56. The van der Waals surface area contributed by atoms with Gasteiger partial charge in [0.25, 0.3) is 5.91 Å². The van der Waals surface area contributed by atoms with Crippen molar-refractivity contribution in [3.8, 4) is 0 Å². The van der Waals surface area contributed by atoms with E-state index in [1.807, 2.05) is 17.9 Å². The number of piperidine rings is 1. The summed E-state index contributed by atoms with van der Waals surface area (Å²) in [6.07, 6.45) is 3.43. The number of hydrogen-bond donors (Lipinski definition) is 2. The van der Waals surface area contributed by atoms with Gasteiger partial charge in [0.1, 0.15) is 11.6 Å². The number of aromatic nitrogens is 2. The largest absolute Gasteiger partial charge is 0.378 e. The van der Waals surface area contributed by atoms with Crippen LogP contribution < -0.4 is 10.6 Å². The topological polar surface area (TPSA) is 92.3 Å². The fraction of sp³-hybridized carbons (Fsp3) is 0.643. The van der Waals surface area contributed by atoms with Crippen LogP contribution >= 0.6 is 0 Å². The molecule has 0 spiro atoms. The van der Waals surface area contributed by atoms with Gasteiger partial charge in [0.15, 0.2) is 5.60 Å². The molecule has 1 aromatic rings. The molecular formula is C14H20N4O2. The van der Waals surface area contributed by atoms with Gasteiger partial charge in [-0.2, -0.15) is 0 Å². The SMILES string of the molecule is Cc1cc(N2CCC[C@](O)(C(N)=O)C2)nc(C2CC2)n1. The Bertz CT molecular complexity index is 544. The van der Waals surface area contributed by atoms with E-state index in [2.05, 4.69) is 9.97 Å². The molecule has 1 atom stereocenters. The highest BCUT2D eigenvalue weighted by atomic mass is 16.3. The molecule has 3 N–H and O–H groups in total. The summed E-state index contributed by atoms with van der Waals surface area (Å²) in [5.41, 5.74) is 4.79. The minimum absolute atomic E-state index is 0.211. The molecule has 0 bridgehead atoms. The molecule has 0 unspecified atom stereocenters. The zero-order valence-corrected chi connectivity index (χ0v) is 11.7. The number of aryl methyl sites for hydroxylation is 1. The van der Waals surface area contributed by atoms with Crippen molar-refractivity contribution in [1.82, 2.24) is 9.97 Å². The van der Waals surface area contributed by atoms with E-state index in [-0.39, 0.29) is 6.54 Å². The van der Waals surface area contributed by atoms with Gasteiger partial charge in [-0.3, -0.25) is 4.79 Å². The van der Waals surface area contributed by atoms with Crippen LogP contribution in [-0.2, 0) is 4.79 Å². The standard InChI is InChI=1S/C14H20N4O2/c1-9-7-11(17-12(16-9)10-3-4-10)18-6-2-5-14(20,8-18)13(15)19/h7,10,20H,2-6,8H2,1H3,(H2,15,19)/t14-/m1/s1. The molecule has 1 aliphatic heterocycles. The third kappa shape index (κ3) is 2.47. The number of hydrogen-bond acceptors (Lipinski definition) is 5. The van der Waals surface area contributed by atoms with Crippen molar-refractivity contribution >= 4 is 11.7 Å². The van der Waals surface area contributed by atoms with Gasteiger partial charge in [-0.05, 0) is 32.6 Å². The van der Waals surface area contributed by atoms with Crippen LogP contribution in [0.4, 0.5) is 5.82 Å². The maximum Gasteiger partial charge on any atom is 0.251 e. The van der Waals surface area contributed by atoms with Crippen molar-refractivity contribution in [3.05, 3.63) is 17.6 Å². The van der Waals surface area contributed by atoms with Gasteiger partial charge in [0, 0.05) is 24.2 Å².